The Balaban J connectivity index is -0.0000000450. The van der Waals surface area contributed by atoms with Crippen LogP contribution in [-0.2, 0) is 25.8 Å². The molecule has 0 bridgehead atoms. The predicted octanol–water partition coefficient (Wildman–Crippen LogP) is 1.46. The first-order valence-electron chi connectivity index (χ1n) is 1.47. The van der Waals surface area contributed by atoms with Crippen LogP contribution in [0.2, 0.25) is 0 Å². The van der Waals surface area contributed by atoms with Crippen molar-refractivity contribution in [2.75, 3.05) is 13.6 Å². The maximum absolute atomic E-state index is 3.74. The molecule has 0 N–H and O–H groups in total. The van der Waals surface area contributed by atoms with Crippen molar-refractivity contribution in [2.45, 2.75) is 6.92 Å². The Morgan fingerprint density at radius 2 is 1.67 bits per heavy atom. The minimum absolute atomic E-state index is 0. The zero-order chi connectivity index (χ0) is 3.41. The third kappa shape index (κ3) is 21.2. The molecule has 0 heterocycles. The van der Waals surface area contributed by atoms with E-state index in [9.17, 15) is 0 Å². The molecule has 0 fully saturated rings. The van der Waals surface area contributed by atoms with Crippen LogP contribution in [0.25, 0.3) is 5.32 Å². The molecule has 0 saturated carbocycles. The van der Waals surface area contributed by atoms with Gasteiger partial charge in [0.15, 0.2) is 0 Å². The Kier molecular flexibility index (Phi) is 44.8. The first-order chi connectivity index (χ1) is 1.91. The normalized spacial score (nSPS) is 5.00. The van der Waals surface area contributed by atoms with Crippen LogP contribution in [0.5, 0.6) is 0 Å². The fourth-order valence-electron chi connectivity index (χ4n) is 0. The van der Waals surface area contributed by atoms with Crippen molar-refractivity contribution in [2.24, 2.45) is 0 Å². The molecule has 0 amide bonds. The Bertz CT molecular complexity index is 9.51. The molecule has 0 spiro atoms. The van der Waals surface area contributed by atoms with Gasteiger partial charge in [0.25, 0.3) is 0 Å². The van der Waals surface area contributed by atoms with Crippen LogP contribution in [0, 0.1) is 7.43 Å². The van der Waals surface area contributed by atoms with Gasteiger partial charge >= 0.3 is 0 Å². The summed E-state index contributed by atoms with van der Waals surface area (Å²) in [5, 5.41) is 3.74. The largest absolute Gasteiger partial charge is 0.665 e. The van der Waals surface area contributed by atoms with Gasteiger partial charge < -0.3 is 12.7 Å². The second kappa shape index (κ2) is 17.0. The third-order valence-corrected chi connectivity index (χ3v) is 0.316. The van der Waals surface area contributed by atoms with Gasteiger partial charge in [-0.25, -0.2) is 0 Å². The SMILES string of the molecule is CC[N-]C.[CH3-].[Hf]. The van der Waals surface area contributed by atoms with E-state index in [1.54, 1.807) is 7.05 Å². The second-order valence-corrected chi connectivity index (χ2v) is 0.632. The van der Waals surface area contributed by atoms with Gasteiger partial charge in [-0.05, 0) is 0 Å². The average Bonchev–Trinajstić information content (AvgIpc) is 1.37. The molecule has 6 heavy (non-hydrogen) atoms. The third-order valence-electron chi connectivity index (χ3n) is 0.316. The van der Waals surface area contributed by atoms with E-state index >= 15 is 0 Å². The van der Waals surface area contributed by atoms with Gasteiger partial charge in [0, 0.05) is 25.8 Å². The summed E-state index contributed by atoms with van der Waals surface area (Å²) in [4.78, 5) is 0. The van der Waals surface area contributed by atoms with Crippen LogP contribution in [0.4, 0.5) is 0 Å². The van der Waals surface area contributed by atoms with E-state index in [2.05, 4.69) is 5.32 Å². The zero-order valence-corrected chi connectivity index (χ0v) is 8.25. The molecule has 0 aromatic carbocycles. The van der Waals surface area contributed by atoms with Crippen molar-refractivity contribution in [3.8, 4) is 0 Å². The summed E-state index contributed by atoms with van der Waals surface area (Å²) in [6.07, 6.45) is 0. The minimum atomic E-state index is 0. The standard InChI is InChI=1S/C3H8N.CH3.Hf/c1-3-4-2;;/h3H2,1-2H3;1H3;/q2*-1;. The van der Waals surface area contributed by atoms with Crippen LogP contribution in [-0.4, -0.2) is 13.6 Å². The molecular formula is C4H11HfN-2. The van der Waals surface area contributed by atoms with Crippen molar-refractivity contribution >= 4 is 0 Å². The van der Waals surface area contributed by atoms with Crippen LogP contribution in [0.3, 0.4) is 0 Å². The Morgan fingerprint density at radius 1 is 1.50 bits per heavy atom. The van der Waals surface area contributed by atoms with E-state index in [-0.39, 0.29) is 33.3 Å². The molecule has 38 valence electrons. The van der Waals surface area contributed by atoms with Crippen LogP contribution < -0.4 is 0 Å². The molecule has 0 rings (SSSR count). The Morgan fingerprint density at radius 3 is 1.67 bits per heavy atom. The Labute approximate surface area is 59.3 Å². The first kappa shape index (κ1) is 15.8. The second-order valence-electron chi connectivity index (χ2n) is 0.632. The maximum Gasteiger partial charge on any atom is 0 e. The molecule has 0 atom stereocenters. The smallest absolute Gasteiger partial charge is 0 e. The van der Waals surface area contributed by atoms with E-state index in [1.165, 1.54) is 0 Å². The van der Waals surface area contributed by atoms with Crippen LogP contribution in [0.1, 0.15) is 6.92 Å². The average molecular weight is 252 g/mol. The molecule has 0 aromatic heterocycles. The number of hydrogen-bond donors (Lipinski definition) is 0. The van der Waals surface area contributed by atoms with Crippen molar-refractivity contribution in [3.63, 3.8) is 0 Å². The summed E-state index contributed by atoms with van der Waals surface area (Å²) in [6.45, 7) is 2.96. The van der Waals surface area contributed by atoms with Gasteiger partial charge in [0.1, 0.15) is 0 Å². The maximum atomic E-state index is 3.74. The zero-order valence-electron chi connectivity index (χ0n) is 4.65. The molecular weight excluding hydrogens is 241 g/mol. The molecule has 0 saturated heterocycles. The van der Waals surface area contributed by atoms with Gasteiger partial charge in [0.05, 0.1) is 0 Å². The number of hydrogen-bond acceptors (Lipinski definition) is 0. The van der Waals surface area contributed by atoms with Gasteiger partial charge in [-0.15, -0.1) is 0 Å². The topological polar surface area (TPSA) is 14.1 Å². The van der Waals surface area contributed by atoms with E-state index in [1.807, 2.05) is 6.92 Å². The van der Waals surface area contributed by atoms with Crippen molar-refractivity contribution in [1.29, 1.82) is 0 Å². The van der Waals surface area contributed by atoms with Gasteiger partial charge in [-0.1, -0.05) is 6.92 Å². The van der Waals surface area contributed by atoms with E-state index in [4.69, 9.17) is 0 Å². The molecule has 0 aliphatic heterocycles. The van der Waals surface area contributed by atoms with E-state index in [0.717, 1.165) is 6.54 Å². The summed E-state index contributed by atoms with van der Waals surface area (Å²) in [7, 11) is 1.81. The number of nitrogens with zero attached hydrogens (tertiary/aromatic N) is 1. The van der Waals surface area contributed by atoms with Crippen molar-refractivity contribution in [3.05, 3.63) is 12.7 Å². The molecule has 0 radical (unpaired) electrons. The van der Waals surface area contributed by atoms with E-state index in [0.29, 0.717) is 0 Å². The summed E-state index contributed by atoms with van der Waals surface area (Å²) < 4.78 is 0. The molecule has 2 heteroatoms. The molecule has 0 aliphatic carbocycles. The molecule has 0 unspecified atom stereocenters. The fourth-order valence-corrected chi connectivity index (χ4v) is 0. The monoisotopic (exact) mass is 253 g/mol. The van der Waals surface area contributed by atoms with Crippen LogP contribution >= 0.6 is 0 Å². The molecule has 1 nitrogen and oxygen atoms in total. The van der Waals surface area contributed by atoms with Gasteiger partial charge in [-0.2, -0.15) is 13.6 Å². The first-order valence-corrected chi connectivity index (χ1v) is 1.47. The van der Waals surface area contributed by atoms with E-state index < -0.39 is 0 Å². The fraction of sp³-hybridized carbons (Fsp3) is 0.750. The molecule has 0 aromatic rings. The summed E-state index contributed by atoms with van der Waals surface area (Å²) in [6, 6.07) is 0. The summed E-state index contributed by atoms with van der Waals surface area (Å²) >= 11 is 0. The summed E-state index contributed by atoms with van der Waals surface area (Å²) in [5.74, 6) is 0. The van der Waals surface area contributed by atoms with Crippen LogP contribution in [0.15, 0.2) is 0 Å². The summed E-state index contributed by atoms with van der Waals surface area (Å²) in [5.41, 5.74) is 0. The van der Waals surface area contributed by atoms with Gasteiger partial charge in [-0.3, -0.25) is 0 Å². The number of rotatable bonds is 1. The van der Waals surface area contributed by atoms with Gasteiger partial charge in [0.2, 0.25) is 0 Å². The van der Waals surface area contributed by atoms with Crippen molar-refractivity contribution in [1.82, 2.24) is 0 Å². The predicted molar refractivity (Wildman–Crippen MR) is 26.2 cm³/mol. The minimum Gasteiger partial charge on any atom is -0.665 e. The Hall–Kier alpha value is 0.830. The van der Waals surface area contributed by atoms with Crippen molar-refractivity contribution < 1.29 is 25.8 Å². The molecule has 0 aliphatic rings. The quantitative estimate of drug-likeness (QED) is 0.495.